The minimum absolute atomic E-state index is 0.187. The molecule has 0 aliphatic carbocycles. The minimum Gasteiger partial charge on any atom is -0.383 e. The van der Waals surface area contributed by atoms with Crippen LogP contribution in [0.4, 0.5) is 5.82 Å². The molecule has 5 heteroatoms. The van der Waals surface area contributed by atoms with E-state index in [1.54, 1.807) is 6.20 Å². The molecule has 0 saturated heterocycles. The summed E-state index contributed by atoms with van der Waals surface area (Å²) >= 11 is 0. The molecule has 2 aromatic rings. The molecule has 0 spiro atoms. The first-order valence-electron chi connectivity index (χ1n) is 6.14. The molecule has 100 valence electrons. The molecule has 0 aliphatic heterocycles. The quantitative estimate of drug-likeness (QED) is 0.573. The normalized spacial score (nSPS) is 12.4. The smallest absolute Gasteiger partial charge is 0.128 e. The maximum Gasteiger partial charge on any atom is 0.128 e. The fourth-order valence-electron chi connectivity index (χ4n) is 2.23. The van der Waals surface area contributed by atoms with Gasteiger partial charge in [0, 0.05) is 23.1 Å². The number of rotatable bonds is 3. The zero-order valence-electron chi connectivity index (χ0n) is 11.4. The third kappa shape index (κ3) is 2.89. The Morgan fingerprint density at radius 2 is 1.74 bits per heavy atom. The molecule has 19 heavy (non-hydrogen) atoms. The van der Waals surface area contributed by atoms with Crippen molar-refractivity contribution in [2.45, 2.75) is 26.8 Å². The summed E-state index contributed by atoms with van der Waals surface area (Å²) in [5.41, 5.74) is 13.6. The molecule has 5 nitrogen and oxygen atoms in total. The lowest BCUT2D eigenvalue weighted by Crippen LogP contribution is -2.30. The van der Waals surface area contributed by atoms with Crippen LogP contribution in [0.2, 0.25) is 0 Å². The van der Waals surface area contributed by atoms with Crippen LogP contribution in [0.5, 0.6) is 0 Å². The number of hydrogen-bond acceptors (Lipinski definition) is 5. The summed E-state index contributed by atoms with van der Waals surface area (Å²) < 4.78 is 0. The summed E-state index contributed by atoms with van der Waals surface area (Å²) in [6.07, 6.45) is 1.75. The first kappa shape index (κ1) is 13.5. The highest BCUT2D eigenvalue weighted by atomic mass is 15.2. The number of aryl methyl sites for hydroxylation is 3. The molecule has 2 heterocycles. The number of anilines is 1. The lowest BCUT2D eigenvalue weighted by molar-refractivity contribution is 0.634. The second kappa shape index (κ2) is 5.34. The van der Waals surface area contributed by atoms with Gasteiger partial charge in [-0.05, 0) is 50.1 Å². The lowest BCUT2D eigenvalue weighted by atomic mass is 9.98. The molecule has 0 aliphatic rings. The van der Waals surface area contributed by atoms with Gasteiger partial charge in [-0.25, -0.2) is 10.4 Å². The Morgan fingerprint density at radius 1 is 1.11 bits per heavy atom. The van der Waals surface area contributed by atoms with Gasteiger partial charge >= 0.3 is 0 Å². The minimum atomic E-state index is -0.187. The topological polar surface area (TPSA) is 89.8 Å². The maximum absolute atomic E-state index is 5.96. The molecule has 1 unspecified atom stereocenters. The van der Waals surface area contributed by atoms with Crippen molar-refractivity contribution in [2.75, 3.05) is 5.73 Å². The Hall–Kier alpha value is -1.98. The van der Waals surface area contributed by atoms with Gasteiger partial charge in [0.15, 0.2) is 0 Å². The Labute approximate surface area is 113 Å². The summed E-state index contributed by atoms with van der Waals surface area (Å²) in [5.74, 6) is 6.19. The molecular formula is C14H19N5. The molecule has 0 radical (unpaired) electrons. The molecule has 0 fully saturated rings. The summed E-state index contributed by atoms with van der Waals surface area (Å²) in [7, 11) is 0. The predicted octanol–water partition coefficient (Wildman–Crippen LogP) is 1.54. The van der Waals surface area contributed by atoms with E-state index in [1.165, 1.54) is 0 Å². The average Bonchev–Trinajstić information content (AvgIpc) is 2.33. The van der Waals surface area contributed by atoms with E-state index in [-0.39, 0.29) is 6.04 Å². The zero-order chi connectivity index (χ0) is 14.0. The maximum atomic E-state index is 5.96. The lowest BCUT2D eigenvalue weighted by Gasteiger charge is -2.19. The van der Waals surface area contributed by atoms with E-state index in [0.29, 0.717) is 5.82 Å². The van der Waals surface area contributed by atoms with Crippen LogP contribution < -0.4 is 17.0 Å². The number of aromatic nitrogens is 2. The molecule has 0 bridgehead atoms. The second-order valence-corrected chi connectivity index (χ2v) is 4.77. The highest BCUT2D eigenvalue weighted by Gasteiger charge is 2.17. The number of nitrogens with one attached hydrogen (secondary N) is 1. The van der Waals surface area contributed by atoms with Crippen molar-refractivity contribution in [1.82, 2.24) is 15.4 Å². The van der Waals surface area contributed by atoms with Gasteiger partial charge in [-0.1, -0.05) is 0 Å². The predicted molar refractivity (Wildman–Crippen MR) is 76.3 cm³/mol. The van der Waals surface area contributed by atoms with E-state index < -0.39 is 0 Å². The average molecular weight is 257 g/mol. The summed E-state index contributed by atoms with van der Waals surface area (Å²) in [5, 5.41) is 0. The van der Waals surface area contributed by atoms with E-state index in [1.807, 2.05) is 39.0 Å². The fraction of sp³-hybridized carbons (Fsp3) is 0.286. The van der Waals surface area contributed by atoms with Gasteiger partial charge in [-0.15, -0.1) is 0 Å². The molecule has 2 aromatic heterocycles. The SMILES string of the molecule is Cc1cnc(N)c(C(NN)c2cc(C)nc(C)c2)c1. The van der Waals surface area contributed by atoms with E-state index >= 15 is 0 Å². The fourth-order valence-corrected chi connectivity index (χ4v) is 2.23. The number of nitrogen functional groups attached to an aromatic ring is 1. The van der Waals surface area contributed by atoms with Crippen LogP contribution in [0.15, 0.2) is 24.4 Å². The van der Waals surface area contributed by atoms with E-state index in [9.17, 15) is 0 Å². The first-order valence-corrected chi connectivity index (χ1v) is 6.14. The van der Waals surface area contributed by atoms with Gasteiger partial charge in [0.05, 0.1) is 6.04 Å². The second-order valence-electron chi connectivity index (χ2n) is 4.77. The molecule has 0 amide bonds. The van der Waals surface area contributed by atoms with Crippen molar-refractivity contribution in [3.63, 3.8) is 0 Å². The van der Waals surface area contributed by atoms with Gasteiger partial charge in [0.25, 0.3) is 0 Å². The van der Waals surface area contributed by atoms with Crippen molar-refractivity contribution >= 4 is 5.82 Å². The number of nitrogens with zero attached hydrogens (tertiary/aromatic N) is 2. The zero-order valence-corrected chi connectivity index (χ0v) is 11.4. The van der Waals surface area contributed by atoms with Crippen LogP contribution >= 0.6 is 0 Å². The standard InChI is InChI=1S/C14H19N5/c1-8-4-12(14(15)17-7-8)13(19-16)11-5-9(2)18-10(3)6-11/h4-7,13,19H,16H2,1-3H3,(H2,15,17). The van der Waals surface area contributed by atoms with Gasteiger partial charge < -0.3 is 5.73 Å². The van der Waals surface area contributed by atoms with Crippen molar-refractivity contribution < 1.29 is 0 Å². The van der Waals surface area contributed by atoms with Gasteiger partial charge in [-0.2, -0.15) is 0 Å². The molecule has 2 rings (SSSR count). The first-order chi connectivity index (χ1) is 9.01. The van der Waals surface area contributed by atoms with Crippen LogP contribution in [0, 0.1) is 20.8 Å². The van der Waals surface area contributed by atoms with E-state index in [4.69, 9.17) is 11.6 Å². The van der Waals surface area contributed by atoms with Gasteiger partial charge in [0.1, 0.15) is 5.82 Å². The number of hydrazine groups is 1. The molecule has 0 aromatic carbocycles. The highest BCUT2D eigenvalue weighted by Crippen LogP contribution is 2.26. The van der Waals surface area contributed by atoms with Crippen LogP contribution in [0.1, 0.15) is 34.1 Å². The largest absolute Gasteiger partial charge is 0.383 e. The third-order valence-corrected chi connectivity index (χ3v) is 3.00. The van der Waals surface area contributed by atoms with E-state index in [0.717, 1.165) is 28.1 Å². The van der Waals surface area contributed by atoms with Crippen LogP contribution in [-0.2, 0) is 0 Å². The Balaban J connectivity index is 2.52. The molecular weight excluding hydrogens is 238 g/mol. The van der Waals surface area contributed by atoms with Crippen molar-refractivity contribution in [3.05, 3.63) is 52.5 Å². The summed E-state index contributed by atoms with van der Waals surface area (Å²) in [6.45, 7) is 5.90. The van der Waals surface area contributed by atoms with E-state index in [2.05, 4.69) is 15.4 Å². The number of pyridine rings is 2. The van der Waals surface area contributed by atoms with Crippen LogP contribution in [0.25, 0.3) is 0 Å². The van der Waals surface area contributed by atoms with Crippen molar-refractivity contribution in [2.24, 2.45) is 5.84 Å². The Morgan fingerprint density at radius 3 is 2.32 bits per heavy atom. The monoisotopic (exact) mass is 257 g/mol. The summed E-state index contributed by atoms with van der Waals surface area (Å²) in [6, 6.07) is 5.81. The molecule has 0 saturated carbocycles. The number of nitrogens with two attached hydrogens (primary N) is 2. The Bertz CT molecular complexity index is 574. The molecule has 1 atom stereocenters. The Kier molecular flexibility index (Phi) is 3.78. The van der Waals surface area contributed by atoms with Crippen molar-refractivity contribution in [1.29, 1.82) is 0 Å². The highest BCUT2D eigenvalue weighted by molar-refractivity contribution is 5.47. The summed E-state index contributed by atoms with van der Waals surface area (Å²) in [4.78, 5) is 8.55. The van der Waals surface area contributed by atoms with Gasteiger partial charge in [0.2, 0.25) is 0 Å². The van der Waals surface area contributed by atoms with Crippen LogP contribution in [0.3, 0.4) is 0 Å². The third-order valence-electron chi connectivity index (χ3n) is 3.00. The van der Waals surface area contributed by atoms with Crippen LogP contribution in [-0.4, -0.2) is 9.97 Å². The van der Waals surface area contributed by atoms with Crippen molar-refractivity contribution in [3.8, 4) is 0 Å². The number of hydrogen-bond donors (Lipinski definition) is 3. The van der Waals surface area contributed by atoms with Gasteiger partial charge in [-0.3, -0.25) is 10.8 Å². The molecule has 5 N–H and O–H groups in total.